The lowest BCUT2D eigenvalue weighted by Crippen LogP contribution is -2.31. The third-order valence-electron chi connectivity index (χ3n) is 4.62. The normalized spacial score (nSPS) is 32.1. The van der Waals surface area contributed by atoms with Crippen molar-refractivity contribution in [2.45, 2.75) is 52.5 Å². The molecule has 1 saturated heterocycles. The van der Waals surface area contributed by atoms with Gasteiger partial charge >= 0.3 is 0 Å². The summed E-state index contributed by atoms with van der Waals surface area (Å²) in [6.45, 7) is 9.87. The van der Waals surface area contributed by atoms with Crippen LogP contribution in [0.15, 0.2) is 0 Å². The lowest BCUT2D eigenvalue weighted by molar-refractivity contribution is 0.154. The molecule has 0 N–H and O–H groups in total. The van der Waals surface area contributed by atoms with E-state index in [0.29, 0.717) is 0 Å². The smallest absolute Gasteiger partial charge is 0.00387 e. The van der Waals surface area contributed by atoms with Crippen molar-refractivity contribution in [2.75, 3.05) is 13.1 Å². The van der Waals surface area contributed by atoms with Gasteiger partial charge in [0.25, 0.3) is 0 Å². The molecule has 1 unspecified atom stereocenters. The molecule has 2 aliphatic rings. The minimum atomic E-state index is 0.758. The molecule has 0 bridgehead atoms. The average molecular weight is 195 g/mol. The maximum absolute atomic E-state index is 2.65. The predicted molar refractivity (Wildman–Crippen MR) is 61.3 cm³/mol. The van der Waals surface area contributed by atoms with Crippen LogP contribution in [0.2, 0.25) is 0 Å². The summed E-state index contributed by atoms with van der Waals surface area (Å²) in [5.41, 5.74) is 0. The molecule has 0 amide bonds. The van der Waals surface area contributed by atoms with Crippen LogP contribution in [0.25, 0.3) is 0 Å². The molecule has 1 heteroatoms. The summed E-state index contributed by atoms with van der Waals surface area (Å²) in [4.78, 5) is 2.65. The maximum Gasteiger partial charge on any atom is 0.00387 e. The van der Waals surface area contributed by atoms with E-state index >= 15 is 0 Å². The molecule has 0 aromatic carbocycles. The van der Waals surface area contributed by atoms with Crippen LogP contribution in [-0.2, 0) is 0 Å². The van der Waals surface area contributed by atoms with Crippen molar-refractivity contribution >= 4 is 0 Å². The van der Waals surface area contributed by atoms with Gasteiger partial charge in [-0.1, -0.05) is 26.2 Å². The first-order chi connectivity index (χ1) is 6.68. The van der Waals surface area contributed by atoms with Gasteiger partial charge in [-0.15, -0.1) is 0 Å². The first-order valence-electron chi connectivity index (χ1n) is 6.42. The van der Waals surface area contributed by atoms with Crippen LogP contribution in [0.1, 0.15) is 46.5 Å². The van der Waals surface area contributed by atoms with E-state index in [1.807, 2.05) is 0 Å². The standard InChI is InChI=1S/C13H25N/c1-10(2)14-8-7-13(9-14)11(3)12-5-4-6-12/h10-13H,4-9H2,1-3H3/t11?,13-/m1/s1. The molecule has 0 aromatic rings. The molecule has 1 saturated carbocycles. The highest BCUT2D eigenvalue weighted by atomic mass is 15.2. The lowest BCUT2D eigenvalue weighted by atomic mass is 9.71. The molecule has 1 aliphatic carbocycles. The monoisotopic (exact) mass is 195 g/mol. The fourth-order valence-electron chi connectivity index (χ4n) is 3.06. The zero-order valence-corrected chi connectivity index (χ0v) is 10.00. The molecule has 1 heterocycles. The van der Waals surface area contributed by atoms with Crippen molar-refractivity contribution < 1.29 is 0 Å². The fraction of sp³-hybridized carbons (Fsp3) is 1.00. The Balaban J connectivity index is 1.82. The van der Waals surface area contributed by atoms with Gasteiger partial charge in [-0.05, 0) is 44.6 Å². The number of hydrogen-bond acceptors (Lipinski definition) is 1. The quantitative estimate of drug-likeness (QED) is 0.668. The van der Waals surface area contributed by atoms with Gasteiger partial charge in [-0.3, -0.25) is 0 Å². The minimum Gasteiger partial charge on any atom is -0.301 e. The van der Waals surface area contributed by atoms with Gasteiger partial charge in [0.1, 0.15) is 0 Å². The van der Waals surface area contributed by atoms with E-state index < -0.39 is 0 Å². The van der Waals surface area contributed by atoms with Crippen LogP contribution < -0.4 is 0 Å². The molecule has 1 aliphatic heterocycles. The minimum absolute atomic E-state index is 0.758. The Morgan fingerprint density at radius 3 is 2.14 bits per heavy atom. The Labute approximate surface area is 88.9 Å². The summed E-state index contributed by atoms with van der Waals surface area (Å²) in [6.07, 6.45) is 5.98. The second-order valence-electron chi connectivity index (χ2n) is 5.69. The second kappa shape index (κ2) is 4.22. The Hall–Kier alpha value is -0.0400. The van der Waals surface area contributed by atoms with Crippen molar-refractivity contribution in [1.29, 1.82) is 0 Å². The highest BCUT2D eigenvalue weighted by Crippen LogP contribution is 2.40. The van der Waals surface area contributed by atoms with Gasteiger partial charge in [0, 0.05) is 12.6 Å². The summed E-state index contributed by atoms with van der Waals surface area (Å²) < 4.78 is 0. The van der Waals surface area contributed by atoms with Crippen molar-refractivity contribution in [3.05, 3.63) is 0 Å². The molecule has 1 nitrogen and oxygen atoms in total. The van der Waals surface area contributed by atoms with Crippen LogP contribution in [0.5, 0.6) is 0 Å². The zero-order chi connectivity index (χ0) is 10.1. The molecule has 0 radical (unpaired) electrons. The zero-order valence-electron chi connectivity index (χ0n) is 10.00. The average Bonchev–Trinajstić information content (AvgIpc) is 2.48. The highest BCUT2D eigenvalue weighted by Gasteiger charge is 2.34. The van der Waals surface area contributed by atoms with E-state index in [0.717, 1.165) is 23.8 Å². The maximum atomic E-state index is 2.65. The molecule has 0 spiro atoms. The molecule has 14 heavy (non-hydrogen) atoms. The molecular weight excluding hydrogens is 170 g/mol. The van der Waals surface area contributed by atoms with Gasteiger partial charge < -0.3 is 4.90 Å². The number of likely N-dealkylation sites (tertiary alicyclic amines) is 1. The van der Waals surface area contributed by atoms with Crippen molar-refractivity contribution in [2.24, 2.45) is 17.8 Å². The summed E-state index contributed by atoms with van der Waals surface area (Å²) >= 11 is 0. The molecular formula is C13H25N. The topological polar surface area (TPSA) is 3.24 Å². The van der Waals surface area contributed by atoms with Crippen molar-refractivity contribution in [1.82, 2.24) is 4.90 Å². The van der Waals surface area contributed by atoms with Crippen LogP contribution in [0.4, 0.5) is 0 Å². The molecule has 2 rings (SSSR count). The Kier molecular flexibility index (Phi) is 3.16. The summed E-state index contributed by atoms with van der Waals surface area (Å²) in [5, 5.41) is 0. The van der Waals surface area contributed by atoms with Gasteiger partial charge in [0.2, 0.25) is 0 Å². The summed E-state index contributed by atoms with van der Waals surface area (Å²) in [5.74, 6) is 3.07. The molecule has 0 aromatic heterocycles. The largest absolute Gasteiger partial charge is 0.301 e. The molecule has 2 fully saturated rings. The second-order valence-corrected chi connectivity index (χ2v) is 5.69. The highest BCUT2D eigenvalue weighted by molar-refractivity contribution is 4.86. The fourth-order valence-corrected chi connectivity index (χ4v) is 3.06. The van der Waals surface area contributed by atoms with E-state index in [1.165, 1.54) is 38.8 Å². The van der Waals surface area contributed by atoms with Crippen LogP contribution in [-0.4, -0.2) is 24.0 Å². The van der Waals surface area contributed by atoms with Crippen LogP contribution >= 0.6 is 0 Å². The number of hydrogen-bond donors (Lipinski definition) is 0. The van der Waals surface area contributed by atoms with E-state index in [4.69, 9.17) is 0 Å². The van der Waals surface area contributed by atoms with E-state index in [9.17, 15) is 0 Å². The Bertz CT molecular complexity index is 184. The first kappa shape index (κ1) is 10.5. The summed E-state index contributed by atoms with van der Waals surface area (Å²) in [6, 6.07) is 0.758. The Morgan fingerprint density at radius 2 is 1.71 bits per heavy atom. The third kappa shape index (κ3) is 1.98. The van der Waals surface area contributed by atoms with Crippen molar-refractivity contribution in [3.8, 4) is 0 Å². The molecule has 82 valence electrons. The molecule has 2 atom stereocenters. The van der Waals surface area contributed by atoms with Gasteiger partial charge in [-0.2, -0.15) is 0 Å². The van der Waals surface area contributed by atoms with E-state index in [2.05, 4.69) is 25.7 Å². The van der Waals surface area contributed by atoms with Gasteiger partial charge in [0.15, 0.2) is 0 Å². The first-order valence-corrected chi connectivity index (χ1v) is 6.42. The van der Waals surface area contributed by atoms with Gasteiger partial charge in [-0.25, -0.2) is 0 Å². The Morgan fingerprint density at radius 1 is 1.00 bits per heavy atom. The van der Waals surface area contributed by atoms with E-state index in [-0.39, 0.29) is 0 Å². The van der Waals surface area contributed by atoms with Gasteiger partial charge in [0.05, 0.1) is 0 Å². The summed E-state index contributed by atoms with van der Waals surface area (Å²) in [7, 11) is 0. The van der Waals surface area contributed by atoms with Crippen molar-refractivity contribution in [3.63, 3.8) is 0 Å². The van der Waals surface area contributed by atoms with Crippen LogP contribution in [0.3, 0.4) is 0 Å². The van der Waals surface area contributed by atoms with Crippen LogP contribution in [0, 0.1) is 17.8 Å². The van der Waals surface area contributed by atoms with E-state index in [1.54, 1.807) is 0 Å². The SMILES string of the molecule is CC(C1CCC1)[C@@H]1CCN(C(C)C)C1. The lowest BCUT2D eigenvalue weighted by Gasteiger charge is -2.35. The predicted octanol–water partition coefficient (Wildman–Crippen LogP) is 3.15. The number of nitrogens with zero attached hydrogens (tertiary/aromatic N) is 1. The number of rotatable bonds is 3. The third-order valence-corrected chi connectivity index (χ3v) is 4.62.